The maximum atomic E-state index is 11.8. The number of terminal acetylenes is 1. The molecule has 0 spiro atoms. The van der Waals surface area contributed by atoms with E-state index in [1.807, 2.05) is 36.4 Å². The summed E-state index contributed by atoms with van der Waals surface area (Å²) in [6.07, 6.45) is 4.48. The van der Waals surface area contributed by atoms with Gasteiger partial charge in [0.15, 0.2) is 6.10 Å². The molecule has 0 aliphatic rings. The minimum Gasteiger partial charge on any atom is -0.481 e. The van der Waals surface area contributed by atoms with Gasteiger partial charge in [0, 0.05) is 12.1 Å². The lowest BCUT2D eigenvalue weighted by molar-refractivity contribution is -0.127. The van der Waals surface area contributed by atoms with Crippen LogP contribution in [0.1, 0.15) is 12.5 Å². The first kappa shape index (κ1) is 14.9. The van der Waals surface area contributed by atoms with Gasteiger partial charge in [-0.25, -0.2) is 0 Å². The lowest BCUT2D eigenvalue weighted by Gasteiger charge is -2.17. The molecule has 1 unspecified atom stereocenters. The Morgan fingerprint density at radius 1 is 1.38 bits per heavy atom. The van der Waals surface area contributed by atoms with E-state index in [9.17, 15) is 4.79 Å². The summed E-state index contributed by atoms with van der Waals surface area (Å²) in [5.74, 6) is 2.73. The van der Waals surface area contributed by atoms with E-state index in [2.05, 4.69) is 11.2 Å². The molecule has 0 heterocycles. The lowest BCUT2D eigenvalue weighted by atomic mass is 10.0. The van der Waals surface area contributed by atoms with Gasteiger partial charge in [0.25, 0.3) is 5.91 Å². The molecule has 4 nitrogen and oxygen atoms in total. The van der Waals surface area contributed by atoms with Crippen molar-refractivity contribution in [2.45, 2.75) is 19.6 Å². The molecule has 0 saturated heterocycles. The molecule has 21 heavy (non-hydrogen) atoms. The largest absolute Gasteiger partial charge is 0.481 e. The summed E-state index contributed by atoms with van der Waals surface area (Å²) in [5.41, 5.74) is 6.73. The van der Waals surface area contributed by atoms with E-state index in [1.54, 1.807) is 6.92 Å². The summed E-state index contributed by atoms with van der Waals surface area (Å²) in [7, 11) is 0. The van der Waals surface area contributed by atoms with E-state index < -0.39 is 6.10 Å². The summed E-state index contributed by atoms with van der Waals surface area (Å²) < 4.78 is 5.74. The first-order valence-corrected chi connectivity index (χ1v) is 6.76. The highest BCUT2D eigenvalue weighted by molar-refractivity contribution is 5.88. The van der Waals surface area contributed by atoms with Gasteiger partial charge in [-0.2, -0.15) is 0 Å². The Hall–Kier alpha value is -2.51. The Balaban J connectivity index is 2.26. The summed E-state index contributed by atoms with van der Waals surface area (Å²) in [5, 5.41) is 4.72. The molecule has 0 bridgehead atoms. The van der Waals surface area contributed by atoms with Gasteiger partial charge in [-0.05, 0) is 23.8 Å². The van der Waals surface area contributed by atoms with E-state index in [4.69, 9.17) is 16.9 Å². The molecule has 3 N–H and O–H groups in total. The monoisotopic (exact) mass is 282 g/mol. The van der Waals surface area contributed by atoms with Crippen LogP contribution in [0.4, 0.5) is 0 Å². The minimum absolute atomic E-state index is 0.188. The van der Waals surface area contributed by atoms with E-state index in [0.29, 0.717) is 12.3 Å². The zero-order valence-electron chi connectivity index (χ0n) is 11.9. The molecular formula is C17H18N2O2. The van der Waals surface area contributed by atoms with Crippen LogP contribution in [0.2, 0.25) is 0 Å². The van der Waals surface area contributed by atoms with Gasteiger partial charge < -0.3 is 15.8 Å². The topological polar surface area (TPSA) is 64.3 Å². The molecular weight excluding hydrogens is 264 g/mol. The Kier molecular flexibility index (Phi) is 4.81. The fourth-order valence-electron chi connectivity index (χ4n) is 2.16. The molecule has 0 aromatic heterocycles. The number of hydrogen-bond acceptors (Lipinski definition) is 3. The van der Waals surface area contributed by atoms with Crippen LogP contribution in [-0.2, 0) is 11.3 Å². The van der Waals surface area contributed by atoms with Crippen LogP contribution in [0, 0.1) is 12.3 Å². The fraction of sp³-hybridized carbons (Fsp3) is 0.235. The predicted octanol–water partition coefficient (Wildman–Crippen LogP) is 1.82. The maximum Gasteiger partial charge on any atom is 0.261 e. The molecule has 0 aliphatic heterocycles. The van der Waals surface area contributed by atoms with Crippen LogP contribution < -0.4 is 15.8 Å². The zero-order chi connectivity index (χ0) is 15.2. The van der Waals surface area contributed by atoms with Crippen LogP contribution in [0.3, 0.4) is 0 Å². The van der Waals surface area contributed by atoms with Crippen molar-refractivity contribution in [3.05, 3.63) is 42.0 Å². The number of nitrogens with two attached hydrogens (primary N) is 1. The minimum atomic E-state index is -0.634. The number of amides is 1. The van der Waals surface area contributed by atoms with Crippen molar-refractivity contribution >= 4 is 16.7 Å². The molecule has 0 saturated carbocycles. The van der Waals surface area contributed by atoms with Gasteiger partial charge in [-0.15, -0.1) is 6.42 Å². The van der Waals surface area contributed by atoms with Gasteiger partial charge in [-0.1, -0.05) is 36.3 Å². The number of rotatable bonds is 5. The third kappa shape index (κ3) is 3.33. The van der Waals surface area contributed by atoms with Crippen LogP contribution in [0.15, 0.2) is 36.4 Å². The van der Waals surface area contributed by atoms with Crippen molar-refractivity contribution in [3.63, 3.8) is 0 Å². The third-order valence-electron chi connectivity index (χ3n) is 3.24. The van der Waals surface area contributed by atoms with Gasteiger partial charge in [0.2, 0.25) is 0 Å². The van der Waals surface area contributed by atoms with Crippen molar-refractivity contribution in [2.24, 2.45) is 5.73 Å². The van der Waals surface area contributed by atoms with Crippen LogP contribution in [0.5, 0.6) is 5.75 Å². The number of carbonyl (C=O) groups excluding carboxylic acids is 1. The molecule has 2 aromatic carbocycles. The van der Waals surface area contributed by atoms with Crippen LogP contribution in [-0.4, -0.2) is 18.6 Å². The zero-order valence-corrected chi connectivity index (χ0v) is 11.9. The predicted molar refractivity (Wildman–Crippen MR) is 83.8 cm³/mol. The Morgan fingerprint density at radius 2 is 2.14 bits per heavy atom. The lowest BCUT2D eigenvalue weighted by Crippen LogP contribution is -2.36. The van der Waals surface area contributed by atoms with Crippen molar-refractivity contribution in [1.82, 2.24) is 5.32 Å². The van der Waals surface area contributed by atoms with Gasteiger partial charge in [0.1, 0.15) is 5.75 Å². The fourth-order valence-corrected chi connectivity index (χ4v) is 2.16. The highest BCUT2D eigenvalue weighted by Gasteiger charge is 2.16. The average Bonchev–Trinajstić information content (AvgIpc) is 2.52. The summed E-state index contributed by atoms with van der Waals surface area (Å²) >= 11 is 0. The Morgan fingerprint density at radius 3 is 2.86 bits per heavy atom. The Bertz CT molecular complexity index is 689. The van der Waals surface area contributed by atoms with E-state index in [1.165, 1.54) is 0 Å². The molecule has 108 valence electrons. The van der Waals surface area contributed by atoms with Crippen LogP contribution >= 0.6 is 0 Å². The highest BCUT2D eigenvalue weighted by Crippen LogP contribution is 2.28. The summed E-state index contributed by atoms with van der Waals surface area (Å²) in [4.78, 5) is 11.8. The second-order valence-electron chi connectivity index (χ2n) is 4.65. The molecule has 1 amide bonds. The van der Waals surface area contributed by atoms with Gasteiger partial charge in [-0.3, -0.25) is 4.79 Å². The van der Waals surface area contributed by atoms with Crippen molar-refractivity contribution in [3.8, 4) is 18.1 Å². The van der Waals surface area contributed by atoms with Crippen LogP contribution in [0.25, 0.3) is 10.8 Å². The van der Waals surface area contributed by atoms with E-state index in [0.717, 1.165) is 16.3 Å². The number of hydrogen-bond donors (Lipinski definition) is 2. The van der Waals surface area contributed by atoms with E-state index in [-0.39, 0.29) is 12.5 Å². The molecule has 4 heteroatoms. The molecule has 2 rings (SSSR count). The first-order chi connectivity index (χ1) is 10.2. The number of ether oxygens (including phenoxy) is 1. The second-order valence-corrected chi connectivity index (χ2v) is 4.65. The van der Waals surface area contributed by atoms with Gasteiger partial charge >= 0.3 is 0 Å². The normalized spacial score (nSPS) is 11.7. The number of benzene rings is 2. The molecule has 1 atom stereocenters. The number of carbonyl (C=O) groups is 1. The van der Waals surface area contributed by atoms with Crippen molar-refractivity contribution in [1.29, 1.82) is 0 Å². The SMILES string of the molecule is C#CCNC(=O)C(C)Oc1ccc2ccccc2c1CN. The smallest absolute Gasteiger partial charge is 0.261 e. The van der Waals surface area contributed by atoms with Crippen molar-refractivity contribution in [2.75, 3.05) is 6.54 Å². The first-order valence-electron chi connectivity index (χ1n) is 6.76. The van der Waals surface area contributed by atoms with Gasteiger partial charge in [0.05, 0.1) is 6.54 Å². The van der Waals surface area contributed by atoms with E-state index >= 15 is 0 Å². The number of nitrogens with one attached hydrogen (secondary N) is 1. The standard InChI is InChI=1S/C17H18N2O2/c1-3-10-19-17(20)12(2)21-16-9-8-13-6-4-5-7-14(13)15(16)11-18/h1,4-9,12H,10-11,18H2,2H3,(H,19,20). The number of fused-ring (bicyclic) bond motifs is 1. The maximum absolute atomic E-state index is 11.8. The third-order valence-corrected chi connectivity index (χ3v) is 3.24. The average molecular weight is 282 g/mol. The molecule has 0 aliphatic carbocycles. The summed E-state index contributed by atoms with van der Waals surface area (Å²) in [6, 6.07) is 11.7. The molecule has 0 fully saturated rings. The van der Waals surface area contributed by atoms with Crippen molar-refractivity contribution < 1.29 is 9.53 Å². The Labute approximate surface area is 124 Å². The summed E-state index contributed by atoms with van der Waals surface area (Å²) in [6.45, 7) is 2.21. The second kappa shape index (κ2) is 6.78. The highest BCUT2D eigenvalue weighted by atomic mass is 16.5. The molecule has 0 radical (unpaired) electrons. The quantitative estimate of drug-likeness (QED) is 0.822. The molecule has 2 aromatic rings.